The summed E-state index contributed by atoms with van der Waals surface area (Å²) in [5.41, 5.74) is 0.729. The van der Waals surface area contributed by atoms with Crippen molar-refractivity contribution < 1.29 is 18.7 Å². The summed E-state index contributed by atoms with van der Waals surface area (Å²) in [4.78, 5) is 25.0. The van der Waals surface area contributed by atoms with Crippen molar-refractivity contribution in [1.82, 2.24) is 10.2 Å². The van der Waals surface area contributed by atoms with Crippen LogP contribution in [-0.4, -0.2) is 43.5 Å². The molecule has 6 nitrogen and oxygen atoms in total. The predicted octanol–water partition coefficient (Wildman–Crippen LogP) is 1.41. The lowest BCUT2D eigenvalue weighted by atomic mass is 10.2. The van der Waals surface area contributed by atoms with Gasteiger partial charge in [0.05, 0.1) is 13.4 Å². The van der Waals surface area contributed by atoms with E-state index in [1.165, 1.54) is 13.4 Å². The molecule has 0 atom stereocenters. The maximum Gasteiger partial charge on any atom is 0.374 e. The summed E-state index contributed by atoms with van der Waals surface area (Å²) in [7, 11) is 1.31. The molecule has 1 amide bonds. The average Bonchev–Trinajstić information content (AvgIpc) is 2.92. The maximum absolute atomic E-state index is 11.8. The number of esters is 1. The molecular formula is C14H22N2O4. The quantitative estimate of drug-likeness (QED) is 0.576. The smallest absolute Gasteiger partial charge is 0.374 e. The zero-order valence-electron chi connectivity index (χ0n) is 12.3. The first kappa shape index (κ1) is 16.2. The molecule has 1 aromatic rings. The largest absolute Gasteiger partial charge is 0.463 e. The van der Waals surface area contributed by atoms with Gasteiger partial charge in [-0.25, -0.2) is 4.79 Å². The minimum absolute atomic E-state index is 0.128. The lowest BCUT2D eigenvalue weighted by molar-refractivity contribution is -0.130. The third kappa shape index (κ3) is 4.38. The highest BCUT2D eigenvalue weighted by Gasteiger charge is 2.15. The van der Waals surface area contributed by atoms with Crippen molar-refractivity contribution in [2.45, 2.75) is 26.8 Å². The lowest BCUT2D eigenvalue weighted by Crippen LogP contribution is -2.32. The van der Waals surface area contributed by atoms with Crippen LogP contribution < -0.4 is 5.32 Å². The molecule has 1 aromatic heterocycles. The van der Waals surface area contributed by atoms with Crippen LogP contribution in [0.4, 0.5) is 0 Å². The van der Waals surface area contributed by atoms with Gasteiger partial charge in [-0.05, 0) is 19.9 Å². The standard InChI is InChI=1S/C14H22N2O4/c1-4-16(5-2)12(17)6-8-15-10-11-7-9-20-13(11)14(18)19-3/h7,9,15H,4-6,8,10H2,1-3H3. The van der Waals surface area contributed by atoms with Gasteiger partial charge in [0.15, 0.2) is 0 Å². The van der Waals surface area contributed by atoms with E-state index in [-0.39, 0.29) is 11.7 Å². The van der Waals surface area contributed by atoms with Crippen LogP contribution in [0.1, 0.15) is 36.4 Å². The number of carbonyl (C=O) groups excluding carboxylic acids is 2. The van der Waals surface area contributed by atoms with E-state index in [1.807, 2.05) is 13.8 Å². The molecule has 0 aliphatic rings. The van der Waals surface area contributed by atoms with Crippen molar-refractivity contribution >= 4 is 11.9 Å². The summed E-state index contributed by atoms with van der Waals surface area (Å²) in [6, 6.07) is 1.71. The second kappa shape index (κ2) is 8.37. The van der Waals surface area contributed by atoms with E-state index in [1.54, 1.807) is 11.0 Å². The van der Waals surface area contributed by atoms with Crippen molar-refractivity contribution in [1.29, 1.82) is 0 Å². The van der Waals surface area contributed by atoms with Crippen LogP contribution in [0.5, 0.6) is 0 Å². The number of rotatable bonds is 8. The lowest BCUT2D eigenvalue weighted by Gasteiger charge is -2.18. The number of ether oxygens (including phenoxy) is 1. The molecule has 112 valence electrons. The Labute approximate surface area is 119 Å². The Hall–Kier alpha value is -1.82. The molecule has 0 saturated heterocycles. The molecule has 1 rings (SSSR count). The molecule has 0 bridgehead atoms. The molecule has 1 N–H and O–H groups in total. The minimum Gasteiger partial charge on any atom is -0.463 e. The van der Waals surface area contributed by atoms with Crippen LogP contribution in [0.2, 0.25) is 0 Å². The Morgan fingerprint density at radius 1 is 1.35 bits per heavy atom. The molecule has 0 aromatic carbocycles. The number of hydrogen-bond acceptors (Lipinski definition) is 5. The summed E-state index contributed by atoms with van der Waals surface area (Å²) in [5, 5.41) is 3.13. The topological polar surface area (TPSA) is 71.8 Å². The van der Waals surface area contributed by atoms with Crippen LogP contribution in [0, 0.1) is 0 Å². The van der Waals surface area contributed by atoms with Crippen molar-refractivity contribution in [3.8, 4) is 0 Å². The molecule has 0 aliphatic heterocycles. The Bertz CT molecular complexity index is 438. The average molecular weight is 282 g/mol. The van der Waals surface area contributed by atoms with E-state index in [2.05, 4.69) is 10.1 Å². The van der Waals surface area contributed by atoms with E-state index < -0.39 is 5.97 Å². The molecule has 0 aliphatic carbocycles. The van der Waals surface area contributed by atoms with Crippen molar-refractivity contribution in [3.63, 3.8) is 0 Å². The highest BCUT2D eigenvalue weighted by Crippen LogP contribution is 2.11. The van der Waals surface area contributed by atoms with Gasteiger partial charge in [0.2, 0.25) is 11.7 Å². The monoisotopic (exact) mass is 282 g/mol. The number of nitrogens with one attached hydrogen (secondary N) is 1. The van der Waals surface area contributed by atoms with E-state index in [0.29, 0.717) is 19.5 Å². The number of furan rings is 1. The van der Waals surface area contributed by atoms with Gasteiger partial charge in [-0.15, -0.1) is 0 Å². The van der Waals surface area contributed by atoms with Gasteiger partial charge in [0.25, 0.3) is 0 Å². The molecule has 6 heteroatoms. The zero-order chi connectivity index (χ0) is 15.0. The fourth-order valence-corrected chi connectivity index (χ4v) is 1.90. The van der Waals surface area contributed by atoms with Gasteiger partial charge in [-0.2, -0.15) is 0 Å². The number of hydrogen-bond donors (Lipinski definition) is 1. The fraction of sp³-hybridized carbons (Fsp3) is 0.571. The SMILES string of the molecule is CCN(CC)C(=O)CCNCc1ccoc1C(=O)OC. The van der Waals surface area contributed by atoms with Gasteiger partial charge in [-0.1, -0.05) is 0 Å². The van der Waals surface area contributed by atoms with Gasteiger partial charge >= 0.3 is 5.97 Å². The Balaban J connectivity index is 2.37. The third-order valence-corrected chi connectivity index (χ3v) is 3.06. The second-order valence-corrected chi connectivity index (χ2v) is 4.26. The molecule has 20 heavy (non-hydrogen) atoms. The molecular weight excluding hydrogens is 260 g/mol. The van der Waals surface area contributed by atoms with Crippen LogP contribution >= 0.6 is 0 Å². The van der Waals surface area contributed by atoms with Crippen LogP contribution in [0.25, 0.3) is 0 Å². The summed E-state index contributed by atoms with van der Waals surface area (Å²) in [6.45, 7) is 6.40. The molecule has 0 unspecified atom stereocenters. The first-order valence-corrected chi connectivity index (χ1v) is 6.77. The number of nitrogens with zero attached hydrogens (tertiary/aromatic N) is 1. The molecule has 0 fully saturated rings. The fourth-order valence-electron chi connectivity index (χ4n) is 1.90. The summed E-state index contributed by atoms with van der Waals surface area (Å²) >= 11 is 0. The van der Waals surface area contributed by atoms with E-state index in [0.717, 1.165) is 18.7 Å². The highest BCUT2D eigenvalue weighted by atomic mass is 16.5. The number of carbonyl (C=O) groups is 2. The molecule has 0 saturated carbocycles. The maximum atomic E-state index is 11.8. The van der Waals surface area contributed by atoms with E-state index in [9.17, 15) is 9.59 Å². The molecule has 0 spiro atoms. The Morgan fingerprint density at radius 2 is 2.05 bits per heavy atom. The summed E-state index contributed by atoms with van der Waals surface area (Å²) in [6.07, 6.45) is 1.89. The van der Waals surface area contributed by atoms with E-state index in [4.69, 9.17) is 4.42 Å². The van der Waals surface area contributed by atoms with Crippen LogP contribution in [0.3, 0.4) is 0 Å². The van der Waals surface area contributed by atoms with Crippen molar-refractivity contribution in [2.75, 3.05) is 26.7 Å². The summed E-state index contributed by atoms with van der Waals surface area (Å²) in [5.74, 6) is -0.163. The van der Waals surface area contributed by atoms with Gasteiger partial charge in [-0.3, -0.25) is 4.79 Å². The third-order valence-electron chi connectivity index (χ3n) is 3.06. The highest BCUT2D eigenvalue weighted by molar-refractivity contribution is 5.87. The zero-order valence-corrected chi connectivity index (χ0v) is 12.3. The van der Waals surface area contributed by atoms with E-state index >= 15 is 0 Å². The van der Waals surface area contributed by atoms with Crippen LogP contribution in [-0.2, 0) is 16.1 Å². The molecule has 1 heterocycles. The van der Waals surface area contributed by atoms with Crippen LogP contribution in [0.15, 0.2) is 16.7 Å². The minimum atomic E-state index is -0.494. The normalized spacial score (nSPS) is 10.3. The van der Waals surface area contributed by atoms with Crippen molar-refractivity contribution in [2.24, 2.45) is 0 Å². The first-order chi connectivity index (χ1) is 9.63. The first-order valence-electron chi connectivity index (χ1n) is 6.77. The van der Waals surface area contributed by atoms with Gasteiger partial charge in [0, 0.05) is 38.2 Å². The Kier molecular flexibility index (Phi) is 6.79. The predicted molar refractivity (Wildman–Crippen MR) is 74.3 cm³/mol. The Morgan fingerprint density at radius 3 is 2.65 bits per heavy atom. The summed E-state index contributed by atoms with van der Waals surface area (Å²) < 4.78 is 9.70. The second-order valence-electron chi connectivity index (χ2n) is 4.26. The number of amides is 1. The molecule has 0 radical (unpaired) electrons. The van der Waals surface area contributed by atoms with Gasteiger partial charge in [0.1, 0.15) is 0 Å². The van der Waals surface area contributed by atoms with Crippen molar-refractivity contribution in [3.05, 3.63) is 23.7 Å². The van der Waals surface area contributed by atoms with Gasteiger partial charge < -0.3 is 19.4 Å². The number of methoxy groups -OCH3 is 1.